The lowest BCUT2D eigenvalue weighted by molar-refractivity contribution is 0.0532. The van der Waals surface area contributed by atoms with E-state index in [4.69, 9.17) is 9.84 Å². The number of thiophene rings is 1. The van der Waals surface area contributed by atoms with Crippen molar-refractivity contribution in [2.24, 2.45) is 0 Å². The van der Waals surface area contributed by atoms with Gasteiger partial charge in [0.05, 0.1) is 19.3 Å². The maximum atomic E-state index is 11.4. The Balaban J connectivity index is 2.48. The lowest BCUT2D eigenvalue weighted by Crippen LogP contribution is -2.12. The average molecular weight is 244 g/mol. The standard InChI is InChI=1S/C11H16O4S/c1-2-15-11(14)10-6-5-9(16-10)4-3-8(13)7-12/h5-6,8,12-13H,2-4,7H2,1H3. The van der Waals surface area contributed by atoms with Gasteiger partial charge in [-0.1, -0.05) is 0 Å². The second kappa shape index (κ2) is 6.62. The summed E-state index contributed by atoms with van der Waals surface area (Å²) in [5.41, 5.74) is 0. The predicted octanol–water partition coefficient (Wildman–Crippen LogP) is 1.21. The molecule has 4 nitrogen and oxygen atoms in total. The number of carbonyl (C=O) groups is 1. The zero-order valence-corrected chi connectivity index (χ0v) is 10.00. The summed E-state index contributed by atoms with van der Waals surface area (Å²) in [5.74, 6) is -0.304. The minimum atomic E-state index is -0.687. The fourth-order valence-electron chi connectivity index (χ4n) is 1.22. The summed E-state index contributed by atoms with van der Waals surface area (Å²) in [6.07, 6.45) is 0.471. The van der Waals surface area contributed by atoms with Gasteiger partial charge in [-0.05, 0) is 31.9 Å². The van der Waals surface area contributed by atoms with Gasteiger partial charge in [0.2, 0.25) is 0 Å². The Labute approximate surface area is 98.5 Å². The van der Waals surface area contributed by atoms with Crippen LogP contribution in [0.3, 0.4) is 0 Å². The molecule has 0 bridgehead atoms. The van der Waals surface area contributed by atoms with Gasteiger partial charge >= 0.3 is 5.97 Å². The van der Waals surface area contributed by atoms with E-state index in [1.54, 1.807) is 13.0 Å². The van der Waals surface area contributed by atoms with E-state index in [1.165, 1.54) is 11.3 Å². The Kier molecular flexibility index (Phi) is 5.45. The molecular weight excluding hydrogens is 228 g/mol. The molecule has 0 aliphatic heterocycles. The summed E-state index contributed by atoms with van der Waals surface area (Å²) in [6.45, 7) is 1.91. The van der Waals surface area contributed by atoms with E-state index in [2.05, 4.69) is 0 Å². The highest BCUT2D eigenvalue weighted by atomic mass is 32.1. The number of esters is 1. The molecule has 0 saturated heterocycles. The van der Waals surface area contributed by atoms with Crippen molar-refractivity contribution in [3.63, 3.8) is 0 Å². The van der Waals surface area contributed by atoms with Crippen LogP contribution >= 0.6 is 11.3 Å². The molecule has 1 unspecified atom stereocenters. The highest BCUT2D eigenvalue weighted by Gasteiger charge is 2.10. The van der Waals surface area contributed by atoms with Crippen LogP contribution in [0.5, 0.6) is 0 Å². The van der Waals surface area contributed by atoms with Crippen molar-refractivity contribution in [2.75, 3.05) is 13.2 Å². The quantitative estimate of drug-likeness (QED) is 0.738. The normalized spacial score (nSPS) is 12.4. The van der Waals surface area contributed by atoms with E-state index in [9.17, 15) is 9.90 Å². The second-order valence-corrected chi connectivity index (χ2v) is 4.53. The molecule has 0 saturated carbocycles. The van der Waals surface area contributed by atoms with Crippen molar-refractivity contribution >= 4 is 17.3 Å². The summed E-state index contributed by atoms with van der Waals surface area (Å²) in [4.78, 5) is 12.9. The van der Waals surface area contributed by atoms with Gasteiger partial charge in [0.25, 0.3) is 0 Å². The van der Waals surface area contributed by atoms with Crippen LogP contribution in [0.15, 0.2) is 12.1 Å². The van der Waals surface area contributed by atoms with Gasteiger partial charge in [0.1, 0.15) is 4.88 Å². The first-order valence-corrected chi connectivity index (χ1v) is 6.03. The molecule has 90 valence electrons. The lowest BCUT2D eigenvalue weighted by Gasteiger charge is -2.04. The molecule has 1 aromatic heterocycles. The van der Waals surface area contributed by atoms with Gasteiger partial charge in [-0.2, -0.15) is 0 Å². The van der Waals surface area contributed by atoms with Crippen LogP contribution in [0.25, 0.3) is 0 Å². The zero-order valence-electron chi connectivity index (χ0n) is 9.18. The average Bonchev–Trinajstić information content (AvgIpc) is 2.75. The number of hydrogen-bond donors (Lipinski definition) is 2. The third-order valence-electron chi connectivity index (χ3n) is 2.07. The van der Waals surface area contributed by atoms with Crippen LogP contribution in [0.4, 0.5) is 0 Å². The summed E-state index contributed by atoms with van der Waals surface area (Å²) >= 11 is 1.37. The number of ether oxygens (including phenoxy) is 1. The van der Waals surface area contributed by atoms with E-state index in [1.807, 2.05) is 6.07 Å². The molecule has 0 aliphatic rings. The van der Waals surface area contributed by atoms with Crippen molar-refractivity contribution in [2.45, 2.75) is 25.9 Å². The molecule has 0 fully saturated rings. The van der Waals surface area contributed by atoms with Gasteiger partial charge in [-0.3, -0.25) is 0 Å². The van der Waals surface area contributed by atoms with Crippen LogP contribution in [0.1, 0.15) is 27.9 Å². The number of carbonyl (C=O) groups excluding carboxylic acids is 1. The molecule has 1 rings (SSSR count). The van der Waals surface area contributed by atoms with Crippen LogP contribution in [-0.2, 0) is 11.2 Å². The number of hydrogen-bond acceptors (Lipinski definition) is 5. The molecule has 16 heavy (non-hydrogen) atoms. The van der Waals surface area contributed by atoms with Gasteiger partial charge in [0.15, 0.2) is 0 Å². The molecule has 0 aliphatic carbocycles. The van der Waals surface area contributed by atoms with Crippen molar-refractivity contribution in [3.05, 3.63) is 21.9 Å². The summed E-state index contributed by atoms with van der Waals surface area (Å²) in [5, 5.41) is 17.8. The Hall–Kier alpha value is -0.910. The third kappa shape index (κ3) is 3.92. The number of aliphatic hydroxyl groups excluding tert-OH is 2. The first-order valence-electron chi connectivity index (χ1n) is 5.22. The Morgan fingerprint density at radius 1 is 1.56 bits per heavy atom. The molecule has 1 aromatic rings. The minimum Gasteiger partial charge on any atom is -0.462 e. The molecule has 0 spiro atoms. The van der Waals surface area contributed by atoms with E-state index in [0.717, 1.165) is 4.88 Å². The monoisotopic (exact) mass is 244 g/mol. The second-order valence-electron chi connectivity index (χ2n) is 3.36. The fraction of sp³-hybridized carbons (Fsp3) is 0.545. The van der Waals surface area contributed by atoms with Crippen molar-refractivity contribution in [3.8, 4) is 0 Å². The summed E-state index contributed by atoms with van der Waals surface area (Å²) in [7, 11) is 0. The molecule has 1 atom stereocenters. The lowest BCUT2D eigenvalue weighted by atomic mass is 10.2. The Bertz CT molecular complexity index is 334. The number of aliphatic hydroxyl groups is 2. The van der Waals surface area contributed by atoms with Gasteiger partial charge in [-0.15, -0.1) is 11.3 Å². The van der Waals surface area contributed by atoms with Crippen LogP contribution in [-0.4, -0.2) is 35.5 Å². The molecular formula is C11H16O4S. The van der Waals surface area contributed by atoms with Gasteiger partial charge < -0.3 is 14.9 Å². The molecule has 0 aromatic carbocycles. The maximum Gasteiger partial charge on any atom is 0.348 e. The fourth-order valence-corrected chi connectivity index (χ4v) is 2.14. The highest BCUT2D eigenvalue weighted by molar-refractivity contribution is 7.13. The maximum absolute atomic E-state index is 11.4. The molecule has 1 heterocycles. The van der Waals surface area contributed by atoms with Crippen molar-refractivity contribution in [1.82, 2.24) is 0 Å². The minimum absolute atomic E-state index is 0.226. The summed E-state index contributed by atoms with van der Waals surface area (Å²) in [6, 6.07) is 3.57. The van der Waals surface area contributed by atoms with Crippen LogP contribution in [0.2, 0.25) is 0 Å². The molecule has 0 radical (unpaired) electrons. The predicted molar refractivity (Wildman–Crippen MR) is 61.7 cm³/mol. The third-order valence-corrected chi connectivity index (χ3v) is 3.20. The summed E-state index contributed by atoms with van der Waals surface area (Å²) < 4.78 is 4.87. The zero-order chi connectivity index (χ0) is 12.0. The van der Waals surface area contributed by atoms with Crippen LogP contribution < -0.4 is 0 Å². The van der Waals surface area contributed by atoms with E-state index in [-0.39, 0.29) is 12.6 Å². The van der Waals surface area contributed by atoms with Crippen molar-refractivity contribution in [1.29, 1.82) is 0 Å². The van der Waals surface area contributed by atoms with E-state index < -0.39 is 6.10 Å². The molecule has 5 heteroatoms. The first-order chi connectivity index (χ1) is 7.67. The smallest absolute Gasteiger partial charge is 0.348 e. The Morgan fingerprint density at radius 3 is 2.94 bits per heavy atom. The highest BCUT2D eigenvalue weighted by Crippen LogP contribution is 2.19. The van der Waals surface area contributed by atoms with E-state index >= 15 is 0 Å². The SMILES string of the molecule is CCOC(=O)c1ccc(CCC(O)CO)s1. The van der Waals surface area contributed by atoms with E-state index in [0.29, 0.717) is 24.3 Å². The largest absolute Gasteiger partial charge is 0.462 e. The van der Waals surface area contributed by atoms with Crippen molar-refractivity contribution < 1.29 is 19.7 Å². The number of aryl methyl sites for hydroxylation is 1. The molecule has 2 N–H and O–H groups in total. The van der Waals surface area contributed by atoms with Gasteiger partial charge in [-0.25, -0.2) is 4.79 Å². The van der Waals surface area contributed by atoms with Crippen LogP contribution in [0, 0.1) is 0 Å². The molecule has 0 amide bonds. The number of rotatable bonds is 6. The van der Waals surface area contributed by atoms with Gasteiger partial charge in [0, 0.05) is 4.88 Å². The topological polar surface area (TPSA) is 66.8 Å². The Morgan fingerprint density at radius 2 is 2.31 bits per heavy atom. The first kappa shape index (κ1) is 13.2.